The van der Waals surface area contributed by atoms with Crippen LogP contribution in [0.1, 0.15) is 45.8 Å². The highest BCUT2D eigenvalue weighted by Crippen LogP contribution is 2.31. The lowest BCUT2D eigenvalue weighted by atomic mass is 9.96. The van der Waals surface area contributed by atoms with Crippen molar-refractivity contribution in [2.45, 2.75) is 25.7 Å². The minimum atomic E-state index is -0.953. The number of nitrogens with zero attached hydrogens (tertiary/aromatic N) is 5. The maximum atomic E-state index is 11.4. The molecule has 8 nitrogen and oxygen atoms in total. The van der Waals surface area contributed by atoms with Gasteiger partial charge < -0.3 is 14.7 Å². The smallest absolute Gasteiger partial charge is 0.335 e. The molecule has 1 saturated heterocycles. The number of ether oxygens (including phenoxy) is 1. The summed E-state index contributed by atoms with van der Waals surface area (Å²) in [5.74, 6) is -0.953. The van der Waals surface area contributed by atoms with Gasteiger partial charge in [0, 0.05) is 24.3 Å². The number of fused-ring (bicyclic) bond motifs is 2. The van der Waals surface area contributed by atoms with Crippen LogP contribution in [-0.4, -0.2) is 57.0 Å². The molecule has 0 unspecified atom stereocenters. The normalized spacial score (nSPS) is 15.9. The van der Waals surface area contributed by atoms with Crippen molar-refractivity contribution in [3.8, 4) is 11.3 Å². The monoisotopic (exact) mass is 481 g/mol. The third-order valence-electron chi connectivity index (χ3n) is 6.89. The van der Waals surface area contributed by atoms with Crippen LogP contribution in [0.3, 0.4) is 0 Å². The van der Waals surface area contributed by atoms with Crippen LogP contribution in [0.4, 0.5) is 5.69 Å². The van der Waals surface area contributed by atoms with Gasteiger partial charge >= 0.3 is 5.97 Å². The van der Waals surface area contributed by atoms with E-state index in [1.54, 1.807) is 18.3 Å². The van der Waals surface area contributed by atoms with Gasteiger partial charge in [-0.25, -0.2) is 14.3 Å². The van der Waals surface area contributed by atoms with E-state index in [9.17, 15) is 9.90 Å². The van der Waals surface area contributed by atoms with Crippen LogP contribution >= 0.6 is 0 Å². The Morgan fingerprint density at radius 3 is 2.56 bits per heavy atom. The van der Waals surface area contributed by atoms with Gasteiger partial charge in [0.2, 0.25) is 0 Å². The van der Waals surface area contributed by atoms with Crippen LogP contribution in [0.5, 0.6) is 0 Å². The topological polar surface area (TPSA) is 92.8 Å². The number of anilines is 1. The van der Waals surface area contributed by atoms with Gasteiger partial charge in [-0.05, 0) is 67.7 Å². The van der Waals surface area contributed by atoms with Crippen molar-refractivity contribution < 1.29 is 14.6 Å². The van der Waals surface area contributed by atoms with E-state index in [0.29, 0.717) is 13.2 Å². The molecular weight excluding hydrogens is 454 g/mol. The van der Waals surface area contributed by atoms with Gasteiger partial charge in [-0.3, -0.25) is 4.98 Å². The Labute approximate surface area is 208 Å². The molecule has 8 heteroatoms. The van der Waals surface area contributed by atoms with Gasteiger partial charge in [-0.1, -0.05) is 18.2 Å². The Morgan fingerprint density at radius 2 is 1.75 bits per heavy atom. The summed E-state index contributed by atoms with van der Waals surface area (Å²) in [4.78, 5) is 23.6. The van der Waals surface area contributed by atoms with E-state index in [1.165, 1.54) is 24.1 Å². The summed E-state index contributed by atoms with van der Waals surface area (Å²) in [6.45, 7) is 2.93. The number of pyridine rings is 1. The maximum Gasteiger partial charge on any atom is 0.335 e. The fourth-order valence-electron chi connectivity index (χ4n) is 5.02. The van der Waals surface area contributed by atoms with Gasteiger partial charge in [-0.2, -0.15) is 5.10 Å². The summed E-state index contributed by atoms with van der Waals surface area (Å²) in [6, 6.07) is 13.1. The van der Waals surface area contributed by atoms with E-state index in [0.717, 1.165) is 59.9 Å². The Kier molecular flexibility index (Phi) is 5.95. The van der Waals surface area contributed by atoms with E-state index < -0.39 is 5.97 Å². The van der Waals surface area contributed by atoms with Gasteiger partial charge in [0.1, 0.15) is 5.69 Å². The quantitative estimate of drug-likeness (QED) is 0.452. The minimum Gasteiger partial charge on any atom is -0.478 e. The van der Waals surface area contributed by atoms with Crippen LogP contribution < -0.4 is 4.90 Å². The van der Waals surface area contributed by atoms with Crippen molar-refractivity contribution >= 4 is 29.5 Å². The molecule has 2 aliphatic rings. The molecule has 4 aromatic rings. The van der Waals surface area contributed by atoms with E-state index in [1.807, 2.05) is 34.9 Å². The number of carboxylic acid groups (broad SMARTS) is 1. The van der Waals surface area contributed by atoms with Crippen LogP contribution in [0.25, 0.3) is 29.1 Å². The predicted molar refractivity (Wildman–Crippen MR) is 138 cm³/mol. The Bertz CT molecular complexity index is 1450. The fraction of sp³-hybridized carbons (Fsp3) is 0.286. The molecule has 0 atom stereocenters. The third-order valence-corrected chi connectivity index (χ3v) is 6.89. The summed E-state index contributed by atoms with van der Waals surface area (Å²) >= 11 is 0. The number of hydrogen-bond donors (Lipinski definition) is 1. The number of morpholine rings is 1. The number of aromatic nitrogens is 4. The van der Waals surface area contributed by atoms with Crippen molar-refractivity contribution in [2.75, 3.05) is 31.2 Å². The molecule has 1 aliphatic carbocycles. The molecule has 0 bridgehead atoms. The SMILES string of the molecule is O=C(O)c1ccc(-c2c(/C=C/c3ccc4c(n3)CCCC4)nc3c(N4CCOCC4)ccnn23)cc1. The van der Waals surface area contributed by atoms with Gasteiger partial charge in [0.15, 0.2) is 5.65 Å². The summed E-state index contributed by atoms with van der Waals surface area (Å²) in [7, 11) is 0. The lowest BCUT2D eigenvalue weighted by Gasteiger charge is -2.28. The van der Waals surface area contributed by atoms with E-state index >= 15 is 0 Å². The van der Waals surface area contributed by atoms with Gasteiger partial charge in [0.25, 0.3) is 0 Å². The largest absolute Gasteiger partial charge is 0.478 e. The minimum absolute atomic E-state index is 0.241. The number of imidazole rings is 1. The Morgan fingerprint density at radius 1 is 0.944 bits per heavy atom. The summed E-state index contributed by atoms with van der Waals surface area (Å²) in [5.41, 5.74) is 7.86. The summed E-state index contributed by atoms with van der Waals surface area (Å²) in [5, 5.41) is 14.0. The molecule has 4 heterocycles. The highest BCUT2D eigenvalue weighted by molar-refractivity contribution is 5.89. The Balaban J connectivity index is 1.46. The average molecular weight is 482 g/mol. The zero-order valence-electron chi connectivity index (χ0n) is 19.9. The first-order valence-corrected chi connectivity index (χ1v) is 12.4. The molecule has 1 N–H and O–H groups in total. The molecule has 1 aromatic carbocycles. The van der Waals surface area contributed by atoms with Crippen molar-refractivity contribution in [3.63, 3.8) is 0 Å². The summed E-state index contributed by atoms with van der Waals surface area (Å²) < 4.78 is 7.39. The van der Waals surface area contributed by atoms with Crippen molar-refractivity contribution in [3.05, 3.63) is 76.9 Å². The van der Waals surface area contributed by atoms with Crippen LogP contribution in [0.15, 0.2) is 48.7 Å². The molecule has 0 amide bonds. The first kappa shape index (κ1) is 22.4. The highest BCUT2D eigenvalue weighted by Gasteiger charge is 2.21. The summed E-state index contributed by atoms with van der Waals surface area (Å²) in [6.07, 6.45) is 10.3. The number of rotatable bonds is 5. The molecule has 0 spiro atoms. The molecule has 3 aromatic heterocycles. The van der Waals surface area contributed by atoms with E-state index in [-0.39, 0.29) is 5.56 Å². The number of hydrogen-bond acceptors (Lipinski definition) is 6. The second kappa shape index (κ2) is 9.54. The molecule has 0 radical (unpaired) electrons. The number of aryl methyl sites for hydroxylation is 2. The highest BCUT2D eigenvalue weighted by atomic mass is 16.5. The zero-order chi connectivity index (χ0) is 24.5. The number of carbonyl (C=O) groups is 1. The fourth-order valence-corrected chi connectivity index (χ4v) is 5.02. The van der Waals surface area contributed by atoms with E-state index in [2.05, 4.69) is 22.1 Å². The average Bonchev–Trinajstić information content (AvgIpc) is 3.31. The van der Waals surface area contributed by atoms with Gasteiger partial charge in [0.05, 0.1) is 42.0 Å². The molecule has 1 aliphatic heterocycles. The maximum absolute atomic E-state index is 11.4. The van der Waals surface area contributed by atoms with Crippen LogP contribution in [0, 0.1) is 0 Å². The van der Waals surface area contributed by atoms with Crippen molar-refractivity contribution in [1.29, 1.82) is 0 Å². The first-order chi connectivity index (χ1) is 17.7. The molecule has 6 rings (SSSR count). The molecule has 36 heavy (non-hydrogen) atoms. The third kappa shape index (κ3) is 4.24. The van der Waals surface area contributed by atoms with Crippen LogP contribution in [-0.2, 0) is 17.6 Å². The van der Waals surface area contributed by atoms with Crippen LogP contribution in [0.2, 0.25) is 0 Å². The van der Waals surface area contributed by atoms with Gasteiger partial charge in [-0.15, -0.1) is 0 Å². The second-order valence-corrected chi connectivity index (χ2v) is 9.16. The first-order valence-electron chi connectivity index (χ1n) is 12.4. The number of carboxylic acids is 1. The van der Waals surface area contributed by atoms with Crippen molar-refractivity contribution in [1.82, 2.24) is 19.6 Å². The zero-order valence-corrected chi connectivity index (χ0v) is 19.9. The van der Waals surface area contributed by atoms with Crippen molar-refractivity contribution in [2.24, 2.45) is 0 Å². The molecule has 0 saturated carbocycles. The Hall–Kier alpha value is -4.04. The molecule has 1 fully saturated rings. The number of aromatic carboxylic acids is 1. The second-order valence-electron chi connectivity index (χ2n) is 9.16. The molecular formula is C28H27N5O3. The lowest BCUT2D eigenvalue weighted by molar-refractivity contribution is 0.0697. The molecule has 182 valence electrons. The predicted octanol–water partition coefficient (Wildman–Crippen LogP) is 4.38. The number of benzene rings is 1. The standard InChI is InChI=1S/C28H27N5O3/c34-28(35)21-7-5-20(6-8-21)26-24(12-11-22-10-9-19-3-1-2-4-23(19)30-22)31-27-25(13-14-29-33(26)27)32-15-17-36-18-16-32/h5-14H,1-4,15-18H2,(H,34,35)/b12-11+. The van der Waals surface area contributed by atoms with E-state index in [4.69, 9.17) is 14.7 Å². The lowest BCUT2D eigenvalue weighted by Crippen LogP contribution is -2.36.